The van der Waals surface area contributed by atoms with Crippen molar-refractivity contribution < 1.29 is 4.74 Å². The van der Waals surface area contributed by atoms with Crippen LogP contribution in [0, 0.1) is 13.8 Å². The van der Waals surface area contributed by atoms with Gasteiger partial charge in [-0.25, -0.2) is 4.99 Å². The molecule has 3 heteroatoms. The number of hydrogen-bond acceptors (Lipinski definition) is 2. The number of aliphatic imine (C=N–C) groups is 1. The fraction of sp³-hybridized carbons (Fsp3) is 0.526. The molecule has 1 aliphatic heterocycles. The van der Waals surface area contributed by atoms with Crippen molar-refractivity contribution in [1.29, 1.82) is 0 Å². The molecular formula is C19H26N2O. The van der Waals surface area contributed by atoms with Gasteiger partial charge in [0.1, 0.15) is 6.61 Å². The molecule has 0 radical (unpaired) electrons. The van der Waals surface area contributed by atoms with E-state index in [2.05, 4.69) is 43.5 Å². The van der Waals surface area contributed by atoms with Crippen molar-refractivity contribution >= 4 is 11.7 Å². The minimum atomic E-state index is 0.169. The van der Waals surface area contributed by atoms with Gasteiger partial charge in [-0.05, 0) is 37.8 Å². The SMILES string of the molecule is C=CC1COC(=NC2CCCCC2)N1c1c(C)cccc1C. The summed E-state index contributed by atoms with van der Waals surface area (Å²) in [5.74, 6) is 0. The second-order valence-electron chi connectivity index (χ2n) is 6.43. The second kappa shape index (κ2) is 6.55. The van der Waals surface area contributed by atoms with Gasteiger partial charge in [0.05, 0.1) is 17.8 Å². The maximum absolute atomic E-state index is 5.94. The van der Waals surface area contributed by atoms with Crippen LogP contribution in [0.25, 0.3) is 0 Å². The summed E-state index contributed by atoms with van der Waals surface area (Å²) < 4.78 is 5.94. The van der Waals surface area contributed by atoms with Crippen LogP contribution in [-0.2, 0) is 4.74 Å². The zero-order chi connectivity index (χ0) is 15.5. The van der Waals surface area contributed by atoms with Crippen LogP contribution in [0.1, 0.15) is 43.2 Å². The van der Waals surface area contributed by atoms with Crippen molar-refractivity contribution in [1.82, 2.24) is 0 Å². The van der Waals surface area contributed by atoms with Crippen molar-refractivity contribution in [3.8, 4) is 0 Å². The normalized spacial score (nSPS) is 24.5. The fourth-order valence-electron chi connectivity index (χ4n) is 3.53. The first kappa shape index (κ1) is 15.1. The molecule has 0 bridgehead atoms. The summed E-state index contributed by atoms with van der Waals surface area (Å²) in [6.07, 6.45) is 8.26. The summed E-state index contributed by atoms with van der Waals surface area (Å²) in [4.78, 5) is 7.19. The van der Waals surface area contributed by atoms with Crippen LogP contribution in [0.4, 0.5) is 5.69 Å². The van der Waals surface area contributed by atoms with Gasteiger partial charge in [0.2, 0.25) is 0 Å². The lowest BCUT2D eigenvalue weighted by Crippen LogP contribution is -2.35. The van der Waals surface area contributed by atoms with E-state index >= 15 is 0 Å². The van der Waals surface area contributed by atoms with E-state index in [1.165, 1.54) is 48.9 Å². The highest BCUT2D eigenvalue weighted by atomic mass is 16.5. The topological polar surface area (TPSA) is 24.8 Å². The van der Waals surface area contributed by atoms with Gasteiger partial charge < -0.3 is 4.74 Å². The van der Waals surface area contributed by atoms with Gasteiger partial charge in [-0.3, -0.25) is 4.90 Å². The van der Waals surface area contributed by atoms with Crippen molar-refractivity contribution in [2.24, 2.45) is 4.99 Å². The molecule has 0 N–H and O–H groups in total. The van der Waals surface area contributed by atoms with Crippen LogP contribution in [0.5, 0.6) is 0 Å². The van der Waals surface area contributed by atoms with Crippen LogP contribution < -0.4 is 4.90 Å². The number of para-hydroxylation sites is 1. The molecule has 1 heterocycles. The number of amidine groups is 1. The molecule has 22 heavy (non-hydrogen) atoms. The van der Waals surface area contributed by atoms with Gasteiger partial charge >= 0.3 is 0 Å². The highest BCUT2D eigenvalue weighted by molar-refractivity contribution is 5.96. The lowest BCUT2D eigenvalue weighted by Gasteiger charge is -2.26. The lowest BCUT2D eigenvalue weighted by atomic mass is 9.96. The quantitative estimate of drug-likeness (QED) is 0.773. The van der Waals surface area contributed by atoms with Crippen LogP contribution >= 0.6 is 0 Å². The number of hydrogen-bond donors (Lipinski definition) is 0. The van der Waals surface area contributed by atoms with E-state index < -0.39 is 0 Å². The first-order valence-electron chi connectivity index (χ1n) is 8.39. The summed E-state index contributed by atoms with van der Waals surface area (Å²) in [7, 11) is 0. The lowest BCUT2D eigenvalue weighted by molar-refractivity contribution is 0.331. The molecule has 0 amide bonds. The minimum Gasteiger partial charge on any atom is -0.462 e. The number of anilines is 1. The van der Waals surface area contributed by atoms with E-state index in [9.17, 15) is 0 Å². The molecule has 1 aromatic carbocycles. The Hall–Kier alpha value is -1.77. The Morgan fingerprint density at radius 3 is 2.50 bits per heavy atom. The van der Waals surface area contributed by atoms with E-state index in [-0.39, 0.29) is 6.04 Å². The molecule has 3 rings (SSSR count). The van der Waals surface area contributed by atoms with E-state index in [0.717, 1.165) is 6.02 Å². The van der Waals surface area contributed by atoms with E-state index in [1.54, 1.807) is 0 Å². The molecule has 0 aromatic heterocycles. The highest BCUT2D eigenvalue weighted by Crippen LogP contribution is 2.31. The molecule has 3 nitrogen and oxygen atoms in total. The third-order valence-electron chi connectivity index (χ3n) is 4.74. The first-order valence-corrected chi connectivity index (χ1v) is 8.39. The van der Waals surface area contributed by atoms with Crippen molar-refractivity contribution in [3.63, 3.8) is 0 Å². The summed E-state index contributed by atoms with van der Waals surface area (Å²) in [6, 6.07) is 7.78. The molecule has 118 valence electrons. The predicted molar refractivity (Wildman–Crippen MR) is 92.6 cm³/mol. The van der Waals surface area contributed by atoms with Gasteiger partial charge in [-0.2, -0.15) is 0 Å². The van der Waals surface area contributed by atoms with Crippen LogP contribution in [0.2, 0.25) is 0 Å². The maximum Gasteiger partial charge on any atom is 0.292 e. The Bertz CT molecular complexity index is 553. The third-order valence-corrected chi connectivity index (χ3v) is 4.74. The van der Waals surface area contributed by atoms with Crippen molar-refractivity contribution in [3.05, 3.63) is 42.0 Å². The number of rotatable bonds is 3. The Kier molecular flexibility index (Phi) is 4.51. The smallest absolute Gasteiger partial charge is 0.292 e. The van der Waals surface area contributed by atoms with E-state index in [1.807, 2.05) is 6.08 Å². The standard InChI is InChI=1S/C19H26N2O/c1-4-17-13-22-19(20-16-11-6-5-7-12-16)21(17)18-14(2)9-8-10-15(18)3/h4,8-10,16-17H,1,5-7,11-13H2,2-3H3. The number of ether oxygens (including phenoxy) is 1. The van der Waals surface area contributed by atoms with Crippen LogP contribution in [-0.4, -0.2) is 24.7 Å². The second-order valence-corrected chi connectivity index (χ2v) is 6.43. The minimum absolute atomic E-state index is 0.169. The van der Waals surface area contributed by atoms with Crippen LogP contribution in [0.15, 0.2) is 35.8 Å². The summed E-state index contributed by atoms with van der Waals surface area (Å²) >= 11 is 0. The fourth-order valence-corrected chi connectivity index (χ4v) is 3.53. The van der Waals surface area contributed by atoms with Crippen LogP contribution in [0.3, 0.4) is 0 Å². The first-order chi connectivity index (χ1) is 10.7. The Morgan fingerprint density at radius 1 is 1.18 bits per heavy atom. The molecule has 1 saturated carbocycles. The predicted octanol–water partition coefficient (Wildman–Crippen LogP) is 4.38. The zero-order valence-corrected chi connectivity index (χ0v) is 13.7. The Balaban J connectivity index is 1.96. The molecule has 2 aliphatic rings. The molecule has 1 unspecified atom stereocenters. The highest BCUT2D eigenvalue weighted by Gasteiger charge is 2.33. The zero-order valence-electron chi connectivity index (χ0n) is 13.7. The number of nitrogens with zero attached hydrogens (tertiary/aromatic N) is 2. The molecule has 1 aromatic rings. The van der Waals surface area contributed by atoms with E-state index in [4.69, 9.17) is 9.73 Å². The molecule has 1 aliphatic carbocycles. The van der Waals surface area contributed by atoms with Crippen molar-refractivity contribution in [2.75, 3.05) is 11.5 Å². The van der Waals surface area contributed by atoms with Gasteiger partial charge in [-0.1, -0.05) is 43.5 Å². The average molecular weight is 298 g/mol. The van der Waals surface area contributed by atoms with Gasteiger partial charge in [0, 0.05) is 0 Å². The number of aryl methyl sites for hydroxylation is 2. The van der Waals surface area contributed by atoms with Gasteiger partial charge in [0.15, 0.2) is 0 Å². The van der Waals surface area contributed by atoms with Gasteiger partial charge in [-0.15, -0.1) is 6.58 Å². The summed E-state index contributed by atoms with van der Waals surface area (Å²) in [5, 5.41) is 0. The average Bonchev–Trinajstić information content (AvgIpc) is 2.91. The summed E-state index contributed by atoms with van der Waals surface area (Å²) in [5.41, 5.74) is 3.74. The van der Waals surface area contributed by atoms with Crippen molar-refractivity contribution in [2.45, 2.75) is 58.0 Å². The number of benzene rings is 1. The summed E-state index contributed by atoms with van der Waals surface area (Å²) in [6.45, 7) is 8.93. The Labute approximate surface area is 133 Å². The Morgan fingerprint density at radius 2 is 1.86 bits per heavy atom. The monoisotopic (exact) mass is 298 g/mol. The maximum atomic E-state index is 5.94. The molecule has 1 saturated heterocycles. The molecule has 2 fully saturated rings. The van der Waals surface area contributed by atoms with E-state index in [0.29, 0.717) is 12.6 Å². The molecule has 0 spiro atoms. The third kappa shape index (κ3) is 2.90. The largest absolute Gasteiger partial charge is 0.462 e. The molecule has 1 atom stereocenters. The molecular weight excluding hydrogens is 272 g/mol. The van der Waals surface area contributed by atoms with Gasteiger partial charge in [0.25, 0.3) is 6.02 Å².